The highest BCUT2D eigenvalue weighted by Crippen LogP contribution is 2.27. The van der Waals surface area contributed by atoms with Gasteiger partial charge in [-0.3, -0.25) is 0 Å². The number of aliphatic hydroxyl groups is 8. The first-order chi connectivity index (χ1) is 40.0. The van der Waals surface area contributed by atoms with Gasteiger partial charge in [0.1, 0.15) is 0 Å². The molecule has 1 aliphatic rings. The molecule has 0 aliphatic heterocycles. The van der Waals surface area contributed by atoms with Crippen LogP contribution in [0.4, 0.5) is 0 Å². The van der Waals surface area contributed by atoms with Gasteiger partial charge in [0, 0.05) is 54.4 Å². The monoisotopic (exact) mass is 1190 g/mol. The van der Waals surface area contributed by atoms with Gasteiger partial charge in [0.15, 0.2) is 0 Å². The van der Waals surface area contributed by atoms with Gasteiger partial charge in [-0.05, 0) is 85.6 Å². The first kappa shape index (κ1) is 84.5. The maximum Gasteiger partial charge on any atom is 0.0982 e. The lowest BCUT2D eigenvalue weighted by atomic mass is 9.88. The smallest absolute Gasteiger partial charge is 0.0982 e. The summed E-state index contributed by atoms with van der Waals surface area (Å²) in [5.41, 5.74) is 66.3. The molecular weight excluding hydrogens is 1070 g/mol. The van der Waals surface area contributed by atoms with Crippen LogP contribution in [0.2, 0.25) is 0 Å². The molecule has 0 saturated heterocycles. The van der Waals surface area contributed by atoms with E-state index in [1.807, 2.05) is 179 Å². The summed E-state index contributed by atoms with van der Waals surface area (Å²) in [6.07, 6.45) is 4.75. The van der Waals surface area contributed by atoms with Crippen LogP contribution in [0.1, 0.15) is 159 Å². The summed E-state index contributed by atoms with van der Waals surface area (Å²) in [5, 5.41) is 69.6. The molecular formula is C66H119N11O8. The van der Waals surface area contributed by atoms with E-state index < -0.39 is 24.4 Å². The van der Waals surface area contributed by atoms with Crippen LogP contribution < -0.4 is 63.1 Å². The van der Waals surface area contributed by atoms with Crippen molar-refractivity contribution >= 4 is 0 Å². The Hall–Kier alpha value is -4.66. The van der Waals surface area contributed by atoms with Crippen molar-refractivity contribution < 1.29 is 40.9 Å². The molecule has 1 fully saturated rings. The van der Waals surface area contributed by atoms with Crippen LogP contribution in [0.5, 0.6) is 0 Å². The summed E-state index contributed by atoms with van der Waals surface area (Å²) in [6.45, 7) is 17.5. The molecule has 0 spiro atoms. The normalized spacial score (nSPS) is 17.6. The zero-order chi connectivity index (χ0) is 65.5. The van der Waals surface area contributed by atoms with Gasteiger partial charge < -0.3 is 104 Å². The maximum atomic E-state index is 10.1. The molecule has 0 unspecified atom stereocenters. The highest BCUT2D eigenvalue weighted by molar-refractivity contribution is 5.27. The van der Waals surface area contributed by atoms with Crippen molar-refractivity contribution in [2.75, 3.05) is 33.0 Å². The van der Waals surface area contributed by atoms with Crippen LogP contribution in [-0.2, 0) is 0 Å². The van der Waals surface area contributed by atoms with E-state index in [-0.39, 0.29) is 98.9 Å². The summed E-state index contributed by atoms with van der Waals surface area (Å²) in [5.74, 6) is 0.595. The summed E-state index contributed by atoms with van der Waals surface area (Å²) in [4.78, 5) is 0. The van der Waals surface area contributed by atoms with E-state index in [9.17, 15) is 10.2 Å². The van der Waals surface area contributed by atoms with Crippen molar-refractivity contribution in [1.29, 1.82) is 0 Å². The number of hydrogen-bond acceptors (Lipinski definition) is 19. The molecule has 19 nitrogen and oxygen atoms in total. The molecule has 1 aliphatic carbocycles. The molecule has 6 rings (SSSR count). The third-order valence-electron chi connectivity index (χ3n) is 13.1. The Labute approximate surface area is 511 Å². The van der Waals surface area contributed by atoms with Crippen LogP contribution in [0.3, 0.4) is 0 Å². The lowest BCUT2D eigenvalue weighted by Crippen LogP contribution is -2.43. The number of hydrogen-bond donors (Lipinski definition) is 19. The van der Waals surface area contributed by atoms with Crippen LogP contribution in [0.25, 0.3) is 0 Å². The minimum absolute atomic E-state index is 0.00926. The van der Waals surface area contributed by atoms with E-state index >= 15 is 0 Å². The van der Waals surface area contributed by atoms with Gasteiger partial charge in [-0.1, -0.05) is 206 Å². The second kappa shape index (κ2) is 51.4. The fourth-order valence-corrected chi connectivity index (χ4v) is 6.86. The number of nitrogens with two attached hydrogens (primary N) is 11. The molecule has 0 amide bonds. The lowest BCUT2D eigenvalue weighted by molar-refractivity contribution is 0.123. The van der Waals surface area contributed by atoms with Crippen LogP contribution in [0.15, 0.2) is 152 Å². The Bertz CT molecular complexity index is 2000. The van der Waals surface area contributed by atoms with E-state index in [0.29, 0.717) is 5.92 Å². The number of rotatable bonds is 17. The summed E-state index contributed by atoms with van der Waals surface area (Å²) in [7, 11) is 0. The Morgan fingerprint density at radius 3 is 0.906 bits per heavy atom. The molecule has 85 heavy (non-hydrogen) atoms. The predicted molar refractivity (Wildman–Crippen MR) is 353 cm³/mol. The summed E-state index contributed by atoms with van der Waals surface area (Å²) < 4.78 is 0. The number of aliphatic hydroxyl groups excluding tert-OH is 8. The minimum Gasteiger partial charge on any atom is -0.395 e. The second-order valence-corrected chi connectivity index (χ2v) is 22.8. The SMILES string of the molecule is CC(C)(C)[C@H](N)CO.CC(C)C[C@H](N)CO.CC[C@H](N)CO.C[C@@H](N)[C@@H](O)c1ccccc1.C[C@@H](O)[C@H](N)CO.C[C@H](N)CO.N[C@@H]1CCCC[C@H]1N.N[C@H](c1ccccc1)[C@@H](O)c1ccccc1.N[C@H](c1ccccc1)[C@H](N)c1ccccc1. The molecule has 0 bridgehead atoms. The Morgan fingerprint density at radius 2 is 0.729 bits per heavy atom. The standard InChI is InChI=1S/C14H16N2.C14H15NO.C9H13NO.C6H14N2.2C6H15NO.C4H11NO2.C4H11NO.C3H9NO/c2*15-13(11-7-3-1-4-8-11)14(16)12-9-5-2-6-10-12;1-7(10)9(11)8-5-3-2-4-6-8;7-5-3-1-2-4-6(5)8;1-6(2,3)5(7)4-8;1-5(2)3-6(7)4-8;1-3(7)4(5)2-6;1-2-4(5)3-6;1-3(4)2-5/h1-10,13-14H,15-16H2;1-10,13-14,16H,15H2;2-7,9,11H,10H2,1H3;5-6H,1-4,7-8H2;5,8H,4,7H2,1-3H3;5-6,8H,3-4,7H2,1-2H3;3-4,6-7H,2,5H2,1H3;4,6H,2-3,5H2,1H3;3,5H,2,4H2,1H3/t13-,14-;13-,14+;7-,9-;5-,6-;5-;6-;3-,4-;4-;3-/m111110100/s1. The average Bonchev–Trinajstić information content (AvgIpc) is 3.66. The zero-order valence-electron chi connectivity index (χ0n) is 52.8. The molecule has 1 saturated carbocycles. The highest BCUT2D eigenvalue weighted by atomic mass is 16.3. The van der Waals surface area contributed by atoms with Gasteiger partial charge in [0.25, 0.3) is 0 Å². The third kappa shape index (κ3) is 43.6. The van der Waals surface area contributed by atoms with Crippen LogP contribution in [0, 0.1) is 11.3 Å². The van der Waals surface area contributed by atoms with E-state index in [1.54, 1.807) is 20.8 Å². The van der Waals surface area contributed by atoms with Crippen molar-refractivity contribution in [1.82, 2.24) is 0 Å². The summed E-state index contributed by atoms with van der Waals surface area (Å²) >= 11 is 0. The quantitative estimate of drug-likeness (QED) is 0.0608. The van der Waals surface area contributed by atoms with Gasteiger partial charge >= 0.3 is 0 Å². The van der Waals surface area contributed by atoms with Crippen molar-refractivity contribution in [3.8, 4) is 0 Å². The molecule has 5 aromatic carbocycles. The lowest BCUT2D eigenvalue weighted by Gasteiger charge is -2.24. The van der Waals surface area contributed by atoms with E-state index in [2.05, 4.69) is 13.8 Å². The molecule has 486 valence electrons. The van der Waals surface area contributed by atoms with Gasteiger partial charge in [-0.15, -0.1) is 0 Å². The Morgan fingerprint density at radius 1 is 0.424 bits per heavy atom. The van der Waals surface area contributed by atoms with Crippen molar-refractivity contribution in [2.24, 2.45) is 74.4 Å². The number of benzene rings is 5. The van der Waals surface area contributed by atoms with Crippen LogP contribution in [-0.4, -0.2) is 128 Å². The van der Waals surface area contributed by atoms with E-state index in [4.69, 9.17) is 93.7 Å². The Kier molecular flexibility index (Phi) is 51.1. The predicted octanol–water partition coefficient (Wildman–Crippen LogP) is 4.52. The molecule has 30 N–H and O–H groups in total. The first-order valence-corrected chi connectivity index (χ1v) is 29.7. The summed E-state index contributed by atoms with van der Waals surface area (Å²) in [6, 6.07) is 47.4. The molecule has 5 aromatic rings. The molecule has 0 aromatic heterocycles. The fraction of sp³-hybridized carbons (Fsp3) is 0.545. The molecule has 19 heteroatoms. The first-order valence-electron chi connectivity index (χ1n) is 29.7. The van der Waals surface area contributed by atoms with E-state index in [0.717, 1.165) is 53.5 Å². The highest BCUT2D eigenvalue weighted by Gasteiger charge is 2.20. The van der Waals surface area contributed by atoms with Crippen molar-refractivity contribution in [3.63, 3.8) is 0 Å². The minimum atomic E-state index is -0.663. The van der Waals surface area contributed by atoms with Gasteiger partial charge in [-0.2, -0.15) is 0 Å². The molecule has 0 radical (unpaired) electrons. The van der Waals surface area contributed by atoms with Crippen molar-refractivity contribution in [3.05, 3.63) is 179 Å². The zero-order valence-corrected chi connectivity index (χ0v) is 52.8. The topological polar surface area (TPSA) is 448 Å². The largest absolute Gasteiger partial charge is 0.395 e. The maximum absolute atomic E-state index is 10.1. The van der Waals surface area contributed by atoms with Crippen LogP contribution >= 0.6 is 0 Å². The fourth-order valence-electron chi connectivity index (χ4n) is 6.86. The van der Waals surface area contributed by atoms with Gasteiger partial charge in [-0.25, -0.2) is 0 Å². The van der Waals surface area contributed by atoms with Crippen molar-refractivity contribution in [2.45, 2.75) is 186 Å². The molecule has 14 atom stereocenters. The Balaban J connectivity index is -0.000000916. The average molecular weight is 1190 g/mol. The second-order valence-electron chi connectivity index (χ2n) is 22.8. The third-order valence-corrected chi connectivity index (χ3v) is 13.1. The van der Waals surface area contributed by atoms with E-state index in [1.165, 1.54) is 12.8 Å². The molecule has 0 heterocycles. The van der Waals surface area contributed by atoms with Gasteiger partial charge in [0.2, 0.25) is 0 Å². The van der Waals surface area contributed by atoms with Gasteiger partial charge in [0.05, 0.1) is 63.4 Å².